The van der Waals surface area contributed by atoms with Crippen LogP contribution in [-0.2, 0) is 9.53 Å². The van der Waals surface area contributed by atoms with E-state index in [-0.39, 0.29) is 12.4 Å². The van der Waals surface area contributed by atoms with Crippen molar-refractivity contribution in [3.05, 3.63) is 0 Å². The zero-order chi connectivity index (χ0) is 16.6. The Labute approximate surface area is 136 Å². The molecule has 0 aliphatic carbocycles. The summed E-state index contributed by atoms with van der Waals surface area (Å²) in [6, 6.07) is 0. The fraction of sp³-hybridized carbons (Fsp3) is 0.944. The van der Waals surface area contributed by atoms with E-state index in [0.717, 1.165) is 12.8 Å². The zero-order valence-electron chi connectivity index (χ0n) is 14.6. The van der Waals surface area contributed by atoms with Gasteiger partial charge < -0.3 is 14.9 Å². The van der Waals surface area contributed by atoms with Crippen molar-refractivity contribution >= 4 is 5.97 Å². The summed E-state index contributed by atoms with van der Waals surface area (Å²) in [5.41, 5.74) is 0. The topological polar surface area (TPSA) is 66.8 Å². The van der Waals surface area contributed by atoms with E-state index in [0.29, 0.717) is 6.42 Å². The minimum Gasteiger partial charge on any atom is -0.436 e. The van der Waals surface area contributed by atoms with Crippen LogP contribution in [0.15, 0.2) is 0 Å². The van der Waals surface area contributed by atoms with Gasteiger partial charge in [0.25, 0.3) is 0 Å². The van der Waals surface area contributed by atoms with Gasteiger partial charge in [0.1, 0.15) is 0 Å². The summed E-state index contributed by atoms with van der Waals surface area (Å²) in [6.07, 6.45) is 12.2. The first-order valence-electron chi connectivity index (χ1n) is 9.11. The third-order valence-electron chi connectivity index (χ3n) is 3.79. The average molecular weight is 316 g/mol. The number of aliphatic hydroxyl groups is 2. The largest absolute Gasteiger partial charge is 0.436 e. The molecule has 2 N–H and O–H groups in total. The molecule has 4 heteroatoms. The molecule has 2 atom stereocenters. The van der Waals surface area contributed by atoms with Crippen molar-refractivity contribution in [2.24, 2.45) is 0 Å². The molecule has 22 heavy (non-hydrogen) atoms. The number of hydrogen-bond donors (Lipinski definition) is 2. The van der Waals surface area contributed by atoms with Crippen LogP contribution in [0.1, 0.15) is 97.3 Å². The van der Waals surface area contributed by atoms with Crippen LogP contribution in [0.3, 0.4) is 0 Å². The maximum atomic E-state index is 11.4. The Morgan fingerprint density at radius 3 is 1.77 bits per heavy atom. The molecule has 0 radical (unpaired) electrons. The summed E-state index contributed by atoms with van der Waals surface area (Å²) in [5, 5.41) is 18.4. The predicted octanol–water partition coefficient (Wildman–Crippen LogP) is 4.32. The number of unbranched alkanes of at least 4 members (excludes halogenated alkanes) is 10. The molecule has 132 valence electrons. The first kappa shape index (κ1) is 21.4. The molecule has 4 nitrogen and oxygen atoms in total. The van der Waals surface area contributed by atoms with Gasteiger partial charge in [-0.05, 0) is 13.3 Å². The highest BCUT2D eigenvalue weighted by Gasteiger charge is 2.12. The van der Waals surface area contributed by atoms with Crippen LogP contribution in [0.4, 0.5) is 0 Å². The van der Waals surface area contributed by atoms with E-state index in [4.69, 9.17) is 9.84 Å². The van der Waals surface area contributed by atoms with Gasteiger partial charge in [-0.15, -0.1) is 0 Å². The van der Waals surface area contributed by atoms with Gasteiger partial charge in [0.2, 0.25) is 6.29 Å². The minimum absolute atomic E-state index is 0.0734. The van der Waals surface area contributed by atoms with E-state index in [9.17, 15) is 9.90 Å². The molecule has 0 aliphatic heterocycles. The number of esters is 1. The molecule has 0 spiro atoms. The van der Waals surface area contributed by atoms with E-state index in [1.165, 1.54) is 57.8 Å². The monoisotopic (exact) mass is 316 g/mol. The van der Waals surface area contributed by atoms with Gasteiger partial charge >= 0.3 is 5.97 Å². The maximum absolute atomic E-state index is 11.4. The Morgan fingerprint density at radius 1 is 0.864 bits per heavy atom. The SMILES string of the molecule is CCCCCCCCCCCCCC(=O)OC(O)CC(C)O. The maximum Gasteiger partial charge on any atom is 0.308 e. The molecule has 0 heterocycles. The zero-order valence-corrected chi connectivity index (χ0v) is 14.6. The fourth-order valence-electron chi connectivity index (χ4n) is 2.48. The van der Waals surface area contributed by atoms with Crippen LogP contribution < -0.4 is 0 Å². The standard InChI is InChI=1S/C18H36O4/c1-3-4-5-6-7-8-9-10-11-12-13-14-17(20)22-18(21)15-16(2)19/h16,18-19,21H,3-15H2,1-2H3. The Morgan fingerprint density at radius 2 is 1.32 bits per heavy atom. The third kappa shape index (κ3) is 15.8. The highest BCUT2D eigenvalue weighted by atomic mass is 16.6. The number of carbonyl (C=O) groups excluding carboxylic acids is 1. The van der Waals surface area contributed by atoms with E-state index in [2.05, 4.69) is 6.92 Å². The minimum atomic E-state index is -1.18. The van der Waals surface area contributed by atoms with E-state index < -0.39 is 12.4 Å². The first-order chi connectivity index (χ1) is 10.6. The molecule has 0 saturated heterocycles. The summed E-state index contributed by atoms with van der Waals surface area (Å²) < 4.78 is 4.81. The summed E-state index contributed by atoms with van der Waals surface area (Å²) in [6.45, 7) is 3.80. The summed E-state index contributed by atoms with van der Waals surface area (Å²) in [5.74, 6) is -0.371. The van der Waals surface area contributed by atoms with Crippen molar-refractivity contribution in [1.29, 1.82) is 0 Å². The van der Waals surface area contributed by atoms with Crippen LogP contribution >= 0.6 is 0 Å². The lowest BCUT2D eigenvalue weighted by molar-refractivity contribution is -0.171. The number of ether oxygens (including phenoxy) is 1. The van der Waals surface area contributed by atoms with Crippen molar-refractivity contribution in [2.45, 2.75) is 110 Å². The van der Waals surface area contributed by atoms with Crippen molar-refractivity contribution in [3.63, 3.8) is 0 Å². The first-order valence-corrected chi connectivity index (χ1v) is 9.11. The van der Waals surface area contributed by atoms with Crippen LogP contribution in [0.2, 0.25) is 0 Å². The van der Waals surface area contributed by atoms with Gasteiger partial charge in [-0.25, -0.2) is 0 Å². The van der Waals surface area contributed by atoms with Gasteiger partial charge in [-0.2, -0.15) is 0 Å². The van der Waals surface area contributed by atoms with Gasteiger partial charge in [-0.3, -0.25) is 4.79 Å². The molecule has 0 aliphatic rings. The Kier molecular flexibility index (Phi) is 14.9. The van der Waals surface area contributed by atoms with Crippen molar-refractivity contribution in [1.82, 2.24) is 0 Å². The van der Waals surface area contributed by atoms with Crippen LogP contribution in [0.25, 0.3) is 0 Å². The molecule has 0 rings (SSSR count). The van der Waals surface area contributed by atoms with Gasteiger partial charge in [0.15, 0.2) is 0 Å². The second-order valence-corrected chi connectivity index (χ2v) is 6.31. The quantitative estimate of drug-likeness (QED) is 0.268. The van der Waals surface area contributed by atoms with Crippen molar-refractivity contribution in [2.75, 3.05) is 0 Å². The van der Waals surface area contributed by atoms with Gasteiger partial charge in [0.05, 0.1) is 6.10 Å². The molecular formula is C18H36O4. The molecule has 0 aromatic rings. The summed E-state index contributed by atoms with van der Waals surface area (Å²) in [7, 11) is 0. The second kappa shape index (κ2) is 15.3. The lowest BCUT2D eigenvalue weighted by Gasteiger charge is -2.13. The van der Waals surface area contributed by atoms with Crippen LogP contribution in [0, 0.1) is 0 Å². The molecular weight excluding hydrogens is 280 g/mol. The normalized spacial score (nSPS) is 13.8. The Hall–Kier alpha value is -0.610. The molecule has 0 saturated carbocycles. The lowest BCUT2D eigenvalue weighted by atomic mass is 10.1. The number of hydrogen-bond acceptors (Lipinski definition) is 4. The second-order valence-electron chi connectivity index (χ2n) is 6.31. The van der Waals surface area contributed by atoms with Crippen molar-refractivity contribution in [3.8, 4) is 0 Å². The van der Waals surface area contributed by atoms with E-state index in [1.807, 2.05) is 0 Å². The molecule has 0 bridgehead atoms. The Balaban J connectivity index is 3.26. The lowest BCUT2D eigenvalue weighted by Crippen LogP contribution is -2.21. The van der Waals surface area contributed by atoms with Gasteiger partial charge in [0, 0.05) is 12.8 Å². The Bertz CT molecular complexity index is 253. The van der Waals surface area contributed by atoms with E-state index in [1.54, 1.807) is 6.92 Å². The highest BCUT2D eigenvalue weighted by Crippen LogP contribution is 2.12. The number of aliphatic hydroxyl groups excluding tert-OH is 2. The van der Waals surface area contributed by atoms with Crippen molar-refractivity contribution < 1.29 is 19.7 Å². The number of carbonyl (C=O) groups is 1. The van der Waals surface area contributed by atoms with Crippen LogP contribution in [0.5, 0.6) is 0 Å². The third-order valence-corrected chi connectivity index (χ3v) is 3.79. The fourth-order valence-corrected chi connectivity index (χ4v) is 2.48. The predicted molar refractivity (Wildman–Crippen MR) is 89.5 cm³/mol. The molecule has 0 fully saturated rings. The molecule has 2 unspecified atom stereocenters. The molecule has 0 aromatic heterocycles. The summed E-state index contributed by atoms with van der Waals surface area (Å²) in [4.78, 5) is 11.4. The van der Waals surface area contributed by atoms with Gasteiger partial charge in [-0.1, -0.05) is 71.1 Å². The summed E-state index contributed by atoms with van der Waals surface area (Å²) >= 11 is 0. The smallest absolute Gasteiger partial charge is 0.308 e. The highest BCUT2D eigenvalue weighted by molar-refractivity contribution is 5.69. The average Bonchev–Trinajstić information content (AvgIpc) is 2.43. The van der Waals surface area contributed by atoms with Crippen LogP contribution in [-0.4, -0.2) is 28.6 Å². The number of rotatable bonds is 15. The molecule has 0 amide bonds. The van der Waals surface area contributed by atoms with E-state index >= 15 is 0 Å². The molecule has 0 aromatic carbocycles.